The molecule has 9 nitrogen and oxygen atoms in total. The lowest BCUT2D eigenvalue weighted by atomic mass is 10.1. The van der Waals surface area contributed by atoms with E-state index in [1.54, 1.807) is 0 Å². The van der Waals surface area contributed by atoms with Crippen molar-refractivity contribution in [3.63, 3.8) is 0 Å². The number of anilines is 2. The van der Waals surface area contributed by atoms with Crippen molar-refractivity contribution in [1.82, 2.24) is 9.97 Å². The molecule has 0 bridgehead atoms. The summed E-state index contributed by atoms with van der Waals surface area (Å²) in [5, 5.41) is 10.9. The Morgan fingerprint density at radius 3 is 2.34 bits per heavy atom. The lowest BCUT2D eigenvalue weighted by molar-refractivity contribution is -0.384. The molecule has 2 amide bonds. The van der Waals surface area contributed by atoms with E-state index in [0.29, 0.717) is 16.8 Å². The van der Waals surface area contributed by atoms with Crippen LogP contribution in [0.25, 0.3) is 11.4 Å². The van der Waals surface area contributed by atoms with E-state index in [1.165, 1.54) is 29.2 Å². The number of aryl methyl sites for hydroxylation is 1. The van der Waals surface area contributed by atoms with Crippen molar-refractivity contribution in [3.05, 3.63) is 75.5 Å². The van der Waals surface area contributed by atoms with Crippen LogP contribution in [0, 0.1) is 17.0 Å². The predicted molar refractivity (Wildman–Crippen MR) is 105 cm³/mol. The Labute approximate surface area is 165 Å². The Morgan fingerprint density at radius 2 is 1.76 bits per heavy atom. The van der Waals surface area contributed by atoms with Crippen LogP contribution < -0.4 is 10.6 Å². The van der Waals surface area contributed by atoms with Crippen LogP contribution in [0.1, 0.15) is 21.6 Å². The number of hydrogen-bond acceptors (Lipinski definition) is 6. The van der Waals surface area contributed by atoms with E-state index in [0.717, 1.165) is 5.56 Å². The van der Waals surface area contributed by atoms with Gasteiger partial charge in [-0.3, -0.25) is 24.6 Å². The van der Waals surface area contributed by atoms with E-state index in [4.69, 9.17) is 5.73 Å². The van der Waals surface area contributed by atoms with Crippen LogP contribution in [0.3, 0.4) is 0 Å². The maximum atomic E-state index is 12.7. The quantitative estimate of drug-likeness (QED) is 0.539. The van der Waals surface area contributed by atoms with E-state index < -0.39 is 10.8 Å². The van der Waals surface area contributed by atoms with E-state index >= 15 is 0 Å². The Kier molecular flexibility index (Phi) is 4.27. The summed E-state index contributed by atoms with van der Waals surface area (Å²) in [6, 6.07) is 12.9. The number of hydrogen-bond donors (Lipinski definition) is 1. The van der Waals surface area contributed by atoms with Crippen molar-refractivity contribution in [2.75, 3.05) is 4.90 Å². The topological polar surface area (TPSA) is 132 Å². The maximum absolute atomic E-state index is 12.7. The van der Waals surface area contributed by atoms with E-state index in [9.17, 15) is 19.7 Å². The summed E-state index contributed by atoms with van der Waals surface area (Å²) in [4.78, 5) is 45.2. The average molecular weight is 389 g/mol. The van der Waals surface area contributed by atoms with Crippen molar-refractivity contribution >= 4 is 29.0 Å². The van der Waals surface area contributed by atoms with Gasteiger partial charge in [-0.1, -0.05) is 29.8 Å². The fourth-order valence-electron chi connectivity index (χ4n) is 3.19. The van der Waals surface area contributed by atoms with Gasteiger partial charge in [0.2, 0.25) is 5.91 Å². The number of carbonyl (C=O) groups excluding carboxylic acids is 2. The highest BCUT2D eigenvalue weighted by Gasteiger charge is 2.35. The Hall–Kier alpha value is -4.14. The lowest BCUT2D eigenvalue weighted by Gasteiger charge is -2.17. The minimum absolute atomic E-state index is 0.0108. The largest absolute Gasteiger partial charge is 0.364 e. The van der Waals surface area contributed by atoms with Crippen molar-refractivity contribution in [3.8, 4) is 11.4 Å². The molecule has 1 aliphatic heterocycles. The number of rotatable bonds is 4. The predicted octanol–water partition coefficient (Wildman–Crippen LogP) is 2.68. The van der Waals surface area contributed by atoms with Crippen molar-refractivity contribution in [1.29, 1.82) is 0 Å². The second kappa shape index (κ2) is 6.79. The number of fused-ring (bicyclic) bond motifs is 1. The minimum atomic E-state index is -0.754. The van der Waals surface area contributed by atoms with E-state index in [2.05, 4.69) is 9.97 Å². The number of benzene rings is 2. The smallest absolute Gasteiger partial charge is 0.269 e. The summed E-state index contributed by atoms with van der Waals surface area (Å²) in [6.45, 7) is 1.94. The standard InChI is InChI=1S/C20H15N5O4/c1-11-2-4-12(5-3-11)19-22-17(18(21)27)15-10-16(26)24(20(15)23-19)13-6-8-14(9-7-13)25(28)29/h2-9H,10H2,1H3,(H2,21,27). The number of primary amides is 1. The Morgan fingerprint density at radius 1 is 1.10 bits per heavy atom. The molecular weight excluding hydrogens is 374 g/mol. The molecule has 3 aromatic rings. The van der Waals surface area contributed by atoms with Crippen LogP contribution in [0.2, 0.25) is 0 Å². The first kappa shape index (κ1) is 18.2. The molecule has 144 valence electrons. The van der Waals surface area contributed by atoms with Crippen LogP contribution in [0.4, 0.5) is 17.2 Å². The number of carbonyl (C=O) groups is 2. The van der Waals surface area contributed by atoms with Crippen LogP contribution in [0.15, 0.2) is 48.5 Å². The molecule has 0 saturated heterocycles. The highest BCUT2D eigenvalue weighted by molar-refractivity contribution is 6.09. The zero-order valence-electron chi connectivity index (χ0n) is 15.3. The number of nitro groups is 1. The molecule has 1 aromatic heterocycles. The van der Waals surface area contributed by atoms with Crippen molar-refractivity contribution in [2.24, 2.45) is 5.73 Å². The van der Waals surface area contributed by atoms with Gasteiger partial charge in [-0.05, 0) is 19.1 Å². The molecule has 2 aromatic carbocycles. The fourth-order valence-corrected chi connectivity index (χ4v) is 3.19. The molecule has 2 heterocycles. The first-order chi connectivity index (χ1) is 13.8. The number of nitrogens with two attached hydrogens (primary N) is 1. The molecule has 0 saturated carbocycles. The monoisotopic (exact) mass is 389 g/mol. The van der Waals surface area contributed by atoms with E-state index in [-0.39, 0.29) is 35.4 Å². The zero-order valence-corrected chi connectivity index (χ0v) is 15.3. The van der Waals surface area contributed by atoms with Gasteiger partial charge in [0.05, 0.1) is 17.0 Å². The van der Waals surface area contributed by atoms with Crippen LogP contribution in [-0.4, -0.2) is 26.7 Å². The van der Waals surface area contributed by atoms with Gasteiger partial charge in [-0.2, -0.15) is 0 Å². The number of amides is 2. The Balaban J connectivity index is 1.87. The second-order valence-electron chi connectivity index (χ2n) is 6.61. The molecule has 0 aliphatic carbocycles. The summed E-state index contributed by atoms with van der Waals surface area (Å²) in [7, 11) is 0. The minimum Gasteiger partial charge on any atom is -0.364 e. The molecular formula is C20H15N5O4. The molecule has 4 rings (SSSR count). The van der Waals surface area contributed by atoms with Gasteiger partial charge in [0.25, 0.3) is 11.6 Å². The average Bonchev–Trinajstić information content (AvgIpc) is 3.03. The summed E-state index contributed by atoms with van der Waals surface area (Å²) < 4.78 is 0. The molecule has 0 atom stereocenters. The second-order valence-corrected chi connectivity index (χ2v) is 6.61. The highest BCUT2D eigenvalue weighted by Crippen LogP contribution is 2.37. The fraction of sp³-hybridized carbons (Fsp3) is 0.100. The highest BCUT2D eigenvalue weighted by atomic mass is 16.6. The van der Waals surface area contributed by atoms with Crippen LogP contribution in [0.5, 0.6) is 0 Å². The summed E-state index contributed by atoms with van der Waals surface area (Å²) in [5.41, 5.74) is 7.87. The molecule has 0 radical (unpaired) electrons. The van der Waals surface area contributed by atoms with Gasteiger partial charge in [-0.25, -0.2) is 9.97 Å². The maximum Gasteiger partial charge on any atom is 0.269 e. The lowest BCUT2D eigenvalue weighted by Crippen LogP contribution is -2.21. The van der Waals surface area contributed by atoms with Crippen molar-refractivity contribution in [2.45, 2.75) is 13.3 Å². The number of nitro benzene ring substituents is 1. The molecule has 29 heavy (non-hydrogen) atoms. The molecule has 9 heteroatoms. The third-order valence-corrected chi connectivity index (χ3v) is 4.64. The van der Waals surface area contributed by atoms with E-state index in [1.807, 2.05) is 31.2 Å². The van der Waals surface area contributed by atoms with Gasteiger partial charge in [0, 0.05) is 23.3 Å². The number of non-ortho nitro benzene ring substituents is 1. The van der Waals surface area contributed by atoms with Gasteiger partial charge >= 0.3 is 0 Å². The molecule has 1 aliphatic rings. The van der Waals surface area contributed by atoms with Crippen molar-refractivity contribution < 1.29 is 14.5 Å². The van der Waals surface area contributed by atoms with Crippen LogP contribution in [-0.2, 0) is 11.2 Å². The molecule has 0 unspecified atom stereocenters. The van der Waals surface area contributed by atoms with Crippen LogP contribution >= 0.6 is 0 Å². The first-order valence-corrected chi connectivity index (χ1v) is 8.70. The first-order valence-electron chi connectivity index (χ1n) is 8.70. The third-order valence-electron chi connectivity index (χ3n) is 4.64. The number of nitrogens with zero attached hydrogens (tertiary/aromatic N) is 4. The summed E-state index contributed by atoms with van der Waals surface area (Å²) in [5.74, 6) is -0.565. The van der Waals surface area contributed by atoms with Gasteiger partial charge in [0.15, 0.2) is 5.82 Å². The zero-order chi connectivity index (χ0) is 20.7. The normalized spacial score (nSPS) is 12.7. The molecule has 2 N–H and O–H groups in total. The number of aromatic nitrogens is 2. The summed E-state index contributed by atoms with van der Waals surface area (Å²) >= 11 is 0. The SMILES string of the molecule is Cc1ccc(-c2nc(C(N)=O)c3c(n2)N(c2ccc([N+](=O)[O-])cc2)C(=O)C3)cc1. The Bertz CT molecular complexity index is 1160. The molecule has 0 spiro atoms. The summed E-state index contributed by atoms with van der Waals surface area (Å²) in [6.07, 6.45) is -0.0846. The third kappa shape index (κ3) is 3.18. The molecule has 0 fully saturated rings. The van der Waals surface area contributed by atoms with Gasteiger partial charge in [0.1, 0.15) is 11.5 Å². The van der Waals surface area contributed by atoms with Gasteiger partial charge < -0.3 is 5.73 Å². The van der Waals surface area contributed by atoms with Gasteiger partial charge in [-0.15, -0.1) is 0 Å².